The van der Waals surface area contributed by atoms with E-state index in [0.29, 0.717) is 0 Å². The van der Waals surface area contributed by atoms with Gasteiger partial charge in [0.05, 0.1) is 6.61 Å². The molecule has 1 amide bonds. The summed E-state index contributed by atoms with van der Waals surface area (Å²) >= 11 is 0. The first kappa shape index (κ1) is 13.8. The lowest BCUT2D eigenvalue weighted by molar-refractivity contribution is -0.143. The Hall–Kier alpha value is -2.31. The summed E-state index contributed by atoms with van der Waals surface area (Å²) in [7, 11) is 0. The molecule has 0 saturated heterocycles. The summed E-state index contributed by atoms with van der Waals surface area (Å²) < 4.78 is 4.76. The number of ether oxygens (including phenoxy) is 1. The molecule has 1 rings (SSSR count). The van der Waals surface area contributed by atoms with Crippen molar-refractivity contribution >= 4 is 11.9 Å². The third-order valence-corrected chi connectivity index (χ3v) is 2.09. The monoisotopic (exact) mass is 253 g/mol. The first-order valence-corrected chi connectivity index (χ1v) is 5.42. The van der Waals surface area contributed by atoms with E-state index < -0.39 is 17.6 Å². The van der Waals surface area contributed by atoms with Crippen molar-refractivity contribution in [2.24, 2.45) is 0 Å². The highest BCUT2D eigenvalue weighted by Gasteiger charge is 2.19. The van der Waals surface area contributed by atoms with Crippen LogP contribution in [0.2, 0.25) is 0 Å². The zero-order chi connectivity index (χ0) is 13.5. The smallest absolute Gasteiger partial charge is 0.325 e. The lowest BCUT2D eigenvalue weighted by Crippen LogP contribution is -2.37. The quantitative estimate of drug-likeness (QED) is 0.546. The summed E-state index contributed by atoms with van der Waals surface area (Å²) in [6.45, 7) is 5.43. The maximum atomic E-state index is 12.0. The number of rotatable bonds is 6. The fraction of sp³-hybridized carbons (Fsp3) is 0.364. The van der Waals surface area contributed by atoms with Crippen molar-refractivity contribution in [1.82, 2.24) is 14.9 Å². The molecule has 2 N–H and O–H groups in total. The Kier molecular flexibility index (Phi) is 4.91. The SMILES string of the molecule is C=CCN(CC(=O)OCC)C(=O)c1c[nH]c(=O)[nH]1. The molecule has 0 spiro atoms. The van der Waals surface area contributed by atoms with E-state index in [-0.39, 0.29) is 25.4 Å². The predicted molar refractivity (Wildman–Crippen MR) is 64.1 cm³/mol. The minimum absolute atomic E-state index is 0.0890. The maximum absolute atomic E-state index is 12.0. The van der Waals surface area contributed by atoms with Crippen LogP contribution in [0.15, 0.2) is 23.6 Å². The fourth-order valence-corrected chi connectivity index (χ4v) is 1.36. The van der Waals surface area contributed by atoms with Crippen molar-refractivity contribution in [2.45, 2.75) is 6.92 Å². The lowest BCUT2D eigenvalue weighted by Gasteiger charge is -2.18. The Morgan fingerprint density at radius 3 is 2.78 bits per heavy atom. The highest BCUT2D eigenvalue weighted by Crippen LogP contribution is 2.00. The van der Waals surface area contributed by atoms with Crippen LogP contribution in [0.5, 0.6) is 0 Å². The number of nitrogens with zero attached hydrogens (tertiary/aromatic N) is 1. The lowest BCUT2D eigenvalue weighted by atomic mass is 10.3. The molecule has 1 aromatic heterocycles. The molecule has 98 valence electrons. The van der Waals surface area contributed by atoms with Crippen LogP contribution in [0, 0.1) is 0 Å². The van der Waals surface area contributed by atoms with Gasteiger partial charge < -0.3 is 19.6 Å². The van der Waals surface area contributed by atoms with Crippen molar-refractivity contribution < 1.29 is 14.3 Å². The van der Waals surface area contributed by atoms with Crippen LogP contribution < -0.4 is 5.69 Å². The van der Waals surface area contributed by atoms with Crippen molar-refractivity contribution in [3.63, 3.8) is 0 Å². The number of carbonyl (C=O) groups is 2. The standard InChI is InChI=1S/C11H15N3O4/c1-3-5-14(7-9(15)18-4-2)10(16)8-6-12-11(17)13-8/h3,6H,1,4-5,7H2,2H3,(H2,12,13,17). The molecule has 0 unspecified atom stereocenters. The molecule has 7 heteroatoms. The van der Waals surface area contributed by atoms with Gasteiger partial charge in [-0.05, 0) is 6.92 Å². The van der Waals surface area contributed by atoms with Gasteiger partial charge in [-0.15, -0.1) is 6.58 Å². The predicted octanol–water partition coefficient (Wildman–Crippen LogP) is -0.106. The van der Waals surface area contributed by atoms with Gasteiger partial charge in [-0.2, -0.15) is 0 Å². The largest absolute Gasteiger partial charge is 0.465 e. The number of aromatic nitrogens is 2. The number of amides is 1. The second kappa shape index (κ2) is 6.43. The van der Waals surface area contributed by atoms with Gasteiger partial charge in [-0.25, -0.2) is 4.79 Å². The van der Waals surface area contributed by atoms with Crippen LogP contribution in [-0.4, -0.2) is 46.4 Å². The van der Waals surface area contributed by atoms with Crippen LogP contribution in [0.1, 0.15) is 17.4 Å². The highest BCUT2D eigenvalue weighted by molar-refractivity contribution is 5.94. The van der Waals surface area contributed by atoms with Crippen LogP contribution in [0.4, 0.5) is 0 Å². The van der Waals surface area contributed by atoms with Crippen molar-refractivity contribution in [2.75, 3.05) is 19.7 Å². The molecule has 18 heavy (non-hydrogen) atoms. The van der Waals surface area contributed by atoms with E-state index in [1.807, 2.05) is 0 Å². The van der Waals surface area contributed by atoms with E-state index in [9.17, 15) is 14.4 Å². The zero-order valence-corrected chi connectivity index (χ0v) is 10.1. The number of esters is 1. The summed E-state index contributed by atoms with van der Waals surface area (Å²) in [5.41, 5.74) is -0.390. The zero-order valence-electron chi connectivity index (χ0n) is 10.1. The molecular weight excluding hydrogens is 238 g/mol. The van der Waals surface area contributed by atoms with E-state index >= 15 is 0 Å². The van der Waals surface area contributed by atoms with Crippen molar-refractivity contribution in [1.29, 1.82) is 0 Å². The molecule has 1 aromatic rings. The van der Waals surface area contributed by atoms with Crippen molar-refractivity contribution in [3.8, 4) is 0 Å². The minimum atomic E-state index is -0.509. The number of imidazole rings is 1. The normalized spacial score (nSPS) is 9.83. The topological polar surface area (TPSA) is 95.3 Å². The van der Waals surface area contributed by atoms with Gasteiger partial charge in [0.15, 0.2) is 0 Å². The van der Waals surface area contributed by atoms with E-state index in [1.165, 1.54) is 17.2 Å². The van der Waals surface area contributed by atoms with Gasteiger partial charge in [-0.3, -0.25) is 9.59 Å². The second-order valence-electron chi connectivity index (χ2n) is 3.44. The maximum Gasteiger partial charge on any atom is 0.325 e. The average Bonchev–Trinajstić information content (AvgIpc) is 2.75. The summed E-state index contributed by atoms with van der Waals surface area (Å²) in [5, 5.41) is 0. The van der Waals surface area contributed by atoms with Gasteiger partial charge >= 0.3 is 11.7 Å². The molecule has 7 nitrogen and oxygen atoms in total. The first-order chi connectivity index (χ1) is 8.58. The van der Waals surface area contributed by atoms with Crippen LogP contribution in [-0.2, 0) is 9.53 Å². The molecule has 0 saturated carbocycles. The number of hydrogen-bond donors (Lipinski definition) is 2. The molecule has 0 radical (unpaired) electrons. The van der Waals surface area contributed by atoms with Crippen LogP contribution in [0.25, 0.3) is 0 Å². The molecule has 0 aliphatic rings. The molecule has 0 aliphatic heterocycles. The fourth-order valence-electron chi connectivity index (χ4n) is 1.36. The molecular formula is C11H15N3O4. The number of hydrogen-bond acceptors (Lipinski definition) is 4. The summed E-state index contributed by atoms with van der Waals surface area (Å²) in [6.07, 6.45) is 2.74. The Balaban J connectivity index is 2.77. The summed E-state index contributed by atoms with van der Waals surface area (Å²) in [6, 6.07) is 0. The molecule has 0 aromatic carbocycles. The number of aromatic amines is 2. The number of nitrogens with one attached hydrogen (secondary N) is 2. The summed E-state index contributed by atoms with van der Waals surface area (Å²) in [5.74, 6) is -0.980. The molecule has 0 aliphatic carbocycles. The molecule has 0 bridgehead atoms. The van der Waals surface area contributed by atoms with Gasteiger partial charge in [0.1, 0.15) is 12.2 Å². The van der Waals surface area contributed by atoms with E-state index in [4.69, 9.17) is 4.74 Å². The Morgan fingerprint density at radius 2 is 2.28 bits per heavy atom. The van der Waals surface area contributed by atoms with Crippen LogP contribution in [0.3, 0.4) is 0 Å². The van der Waals surface area contributed by atoms with Crippen molar-refractivity contribution in [3.05, 3.63) is 35.0 Å². The third kappa shape index (κ3) is 3.62. The Morgan fingerprint density at radius 1 is 1.56 bits per heavy atom. The molecule has 0 fully saturated rings. The number of H-pyrrole nitrogens is 2. The van der Waals surface area contributed by atoms with E-state index in [1.54, 1.807) is 6.92 Å². The molecule has 0 atom stereocenters. The first-order valence-electron chi connectivity index (χ1n) is 5.42. The van der Waals surface area contributed by atoms with Gasteiger partial charge in [-0.1, -0.05) is 6.08 Å². The highest BCUT2D eigenvalue weighted by atomic mass is 16.5. The second-order valence-corrected chi connectivity index (χ2v) is 3.44. The Labute approximate surface area is 103 Å². The average molecular weight is 253 g/mol. The third-order valence-electron chi connectivity index (χ3n) is 2.09. The molecule has 1 heterocycles. The Bertz CT molecular complexity index is 488. The van der Waals surface area contributed by atoms with Gasteiger partial charge in [0.2, 0.25) is 0 Å². The van der Waals surface area contributed by atoms with Gasteiger partial charge in [0.25, 0.3) is 5.91 Å². The van der Waals surface area contributed by atoms with E-state index in [2.05, 4.69) is 16.5 Å². The summed E-state index contributed by atoms with van der Waals surface area (Å²) in [4.78, 5) is 40.1. The minimum Gasteiger partial charge on any atom is -0.465 e. The van der Waals surface area contributed by atoms with E-state index in [0.717, 1.165) is 0 Å². The van der Waals surface area contributed by atoms with Crippen LogP contribution >= 0.6 is 0 Å². The van der Waals surface area contributed by atoms with Gasteiger partial charge in [0, 0.05) is 12.7 Å². The number of carbonyl (C=O) groups excluding carboxylic acids is 2.